The van der Waals surface area contributed by atoms with Crippen molar-refractivity contribution in [3.8, 4) is 0 Å². The van der Waals surface area contributed by atoms with E-state index >= 15 is 0 Å². The predicted octanol–water partition coefficient (Wildman–Crippen LogP) is 6.61. The number of hydrogen-bond donors (Lipinski definition) is 0. The summed E-state index contributed by atoms with van der Waals surface area (Å²) in [7, 11) is 0. The fourth-order valence-corrected chi connectivity index (χ4v) is 3.47. The zero-order chi connectivity index (χ0) is 17.1. The van der Waals surface area contributed by atoms with E-state index in [0.29, 0.717) is 11.8 Å². The second kappa shape index (κ2) is 7.05. The molecule has 122 valence electrons. The molecule has 0 aromatic heterocycles. The monoisotopic (exact) mass is 314 g/mol. The highest BCUT2D eigenvalue weighted by Gasteiger charge is 2.16. The van der Waals surface area contributed by atoms with Gasteiger partial charge in [-0.1, -0.05) is 86.6 Å². The van der Waals surface area contributed by atoms with E-state index in [1.807, 2.05) is 0 Å². The molecular formula is C24H26. The first-order valence-electron chi connectivity index (χ1n) is 8.79. The van der Waals surface area contributed by atoms with E-state index in [9.17, 15) is 0 Å². The highest BCUT2D eigenvalue weighted by molar-refractivity contribution is 5.46. The molecule has 0 heteroatoms. The zero-order valence-corrected chi connectivity index (χ0v) is 15.1. The Morgan fingerprint density at radius 3 is 1.62 bits per heavy atom. The Labute approximate surface area is 146 Å². The van der Waals surface area contributed by atoms with E-state index < -0.39 is 0 Å². The summed E-state index contributed by atoms with van der Waals surface area (Å²) in [5.74, 6) is 0.819. The van der Waals surface area contributed by atoms with E-state index in [4.69, 9.17) is 0 Å². The SMILES string of the molecule is Cc1cc(C(C)c2ccccc2)cc(C(C)c2ccccc2)c1C. The fraction of sp³-hybridized carbons (Fsp3) is 0.250. The molecule has 0 aliphatic rings. The lowest BCUT2D eigenvalue weighted by Gasteiger charge is -2.21. The van der Waals surface area contributed by atoms with Gasteiger partial charge < -0.3 is 0 Å². The van der Waals surface area contributed by atoms with Gasteiger partial charge in [-0.3, -0.25) is 0 Å². The van der Waals surface area contributed by atoms with Crippen molar-refractivity contribution in [1.82, 2.24) is 0 Å². The Morgan fingerprint density at radius 2 is 1.08 bits per heavy atom. The fourth-order valence-electron chi connectivity index (χ4n) is 3.47. The van der Waals surface area contributed by atoms with Crippen LogP contribution < -0.4 is 0 Å². The molecule has 0 fully saturated rings. The van der Waals surface area contributed by atoms with Gasteiger partial charge in [0.1, 0.15) is 0 Å². The van der Waals surface area contributed by atoms with E-state index in [1.165, 1.54) is 33.4 Å². The molecule has 3 rings (SSSR count). The topological polar surface area (TPSA) is 0 Å². The minimum atomic E-state index is 0.409. The van der Waals surface area contributed by atoms with Crippen molar-refractivity contribution >= 4 is 0 Å². The third-order valence-electron chi connectivity index (χ3n) is 5.30. The van der Waals surface area contributed by atoms with Crippen molar-refractivity contribution < 1.29 is 0 Å². The van der Waals surface area contributed by atoms with Gasteiger partial charge in [-0.2, -0.15) is 0 Å². The Balaban J connectivity index is 2.03. The third kappa shape index (κ3) is 3.28. The van der Waals surface area contributed by atoms with Crippen molar-refractivity contribution in [2.24, 2.45) is 0 Å². The normalized spacial score (nSPS) is 13.5. The molecule has 3 aromatic carbocycles. The maximum atomic E-state index is 2.41. The van der Waals surface area contributed by atoms with E-state index in [1.54, 1.807) is 0 Å². The van der Waals surface area contributed by atoms with Gasteiger partial charge in [-0.15, -0.1) is 0 Å². The average Bonchev–Trinajstić information content (AvgIpc) is 2.64. The van der Waals surface area contributed by atoms with Crippen molar-refractivity contribution in [2.45, 2.75) is 39.5 Å². The summed E-state index contributed by atoms with van der Waals surface area (Å²) in [6.07, 6.45) is 0. The Morgan fingerprint density at radius 1 is 0.583 bits per heavy atom. The first kappa shape index (κ1) is 16.5. The zero-order valence-electron chi connectivity index (χ0n) is 15.1. The molecule has 2 atom stereocenters. The van der Waals surface area contributed by atoms with Crippen LogP contribution in [0.5, 0.6) is 0 Å². The van der Waals surface area contributed by atoms with E-state index in [0.717, 1.165) is 0 Å². The van der Waals surface area contributed by atoms with Gasteiger partial charge in [-0.25, -0.2) is 0 Å². The number of hydrogen-bond acceptors (Lipinski definition) is 0. The minimum Gasteiger partial charge on any atom is -0.0622 e. The molecule has 0 amide bonds. The molecule has 0 bridgehead atoms. The van der Waals surface area contributed by atoms with Gasteiger partial charge in [0.05, 0.1) is 0 Å². The molecule has 3 aromatic rings. The van der Waals surface area contributed by atoms with Crippen LogP contribution in [-0.4, -0.2) is 0 Å². The highest BCUT2D eigenvalue weighted by Crippen LogP contribution is 2.33. The maximum absolute atomic E-state index is 2.41. The van der Waals surface area contributed by atoms with Crippen molar-refractivity contribution in [2.75, 3.05) is 0 Å². The first-order valence-corrected chi connectivity index (χ1v) is 8.79. The molecule has 0 saturated carbocycles. The molecule has 0 nitrogen and oxygen atoms in total. The second-order valence-electron chi connectivity index (χ2n) is 6.82. The molecule has 24 heavy (non-hydrogen) atoms. The van der Waals surface area contributed by atoms with Gasteiger partial charge >= 0.3 is 0 Å². The number of benzene rings is 3. The smallest absolute Gasteiger partial charge is 0.00638 e. The van der Waals surface area contributed by atoms with Gasteiger partial charge in [0.25, 0.3) is 0 Å². The minimum absolute atomic E-state index is 0.409. The summed E-state index contributed by atoms with van der Waals surface area (Å²) in [5, 5.41) is 0. The van der Waals surface area contributed by atoms with Gasteiger partial charge in [0.15, 0.2) is 0 Å². The summed E-state index contributed by atoms with van der Waals surface area (Å²) >= 11 is 0. The Kier molecular flexibility index (Phi) is 4.85. The van der Waals surface area contributed by atoms with Crippen LogP contribution in [0.15, 0.2) is 72.8 Å². The Hall–Kier alpha value is -2.34. The summed E-state index contributed by atoms with van der Waals surface area (Å²) in [6.45, 7) is 9.10. The van der Waals surface area contributed by atoms with Gasteiger partial charge in [0.2, 0.25) is 0 Å². The lowest BCUT2D eigenvalue weighted by molar-refractivity contribution is 0.873. The predicted molar refractivity (Wildman–Crippen MR) is 104 cm³/mol. The van der Waals surface area contributed by atoms with Crippen molar-refractivity contribution in [3.63, 3.8) is 0 Å². The lowest BCUT2D eigenvalue weighted by atomic mass is 9.83. The lowest BCUT2D eigenvalue weighted by Crippen LogP contribution is -2.04. The standard InChI is InChI=1S/C24H26/c1-17-15-23(19(3)21-11-7-5-8-12-21)16-24(18(17)2)20(4)22-13-9-6-10-14-22/h5-16,19-20H,1-4H3. The van der Waals surface area contributed by atoms with Crippen LogP contribution in [0.2, 0.25) is 0 Å². The summed E-state index contributed by atoms with van der Waals surface area (Å²) in [5.41, 5.74) is 8.40. The number of aryl methyl sites for hydroxylation is 1. The van der Waals surface area contributed by atoms with Gasteiger partial charge in [0, 0.05) is 11.8 Å². The molecule has 0 heterocycles. The molecule has 2 unspecified atom stereocenters. The van der Waals surface area contributed by atoms with Crippen LogP contribution >= 0.6 is 0 Å². The summed E-state index contributed by atoms with van der Waals surface area (Å²) in [6, 6.07) is 26.4. The quantitative estimate of drug-likeness (QED) is 0.508. The van der Waals surface area contributed by atoms with Crippen LogP contribution in [0.1, 0.15) is 59.1 Å². The molecule has 0 aliphatic carbocycles. The Bertz CT molecular complexity index is 800. The van der Waals surface area contributed by atoms with E-state index in [2.05, 4.69) is 100 Å². The summed E-state index contributed by atoms with van der Waals surface area (Å²) < 4.78 is 0. The largest absolute Gasteiger partial charge is 0.0622 e. The van der Waals surface area contributed by atoms with Crippen LogP contribution in [0.25, 0.3) is 0 Å². The van der Waals surface area contributed by atoms with Crippen molar-refractivity contribution in [3.05, 3.63) is 106 Å². The van der Waals surface area contributed by atoms with Gasteiger partial charge in [-0.05, 0) is 47.2 Å². The maximum Gasteiger partial charge on any atom is 0.00638 e. The van der Waals surface area contributed by atoms with Crippen LogP contribution in [0, 0.1) is 13.8 Å². The average molecular weight is 314 g/mol. The molecule has 0 radical (unpaired) electrons. The van der Waals surface area contributed by atoms with Crippen LogP contribution in [0.3, 0.4) is 0 Å². The molecular weight excluding hydrogens is 288 g/mol. The van der Waals surface area contributed by atoms with Crippen LogP contribution in [-0.2, 0) is 0 Å². The molecule has 0 aliphatic heterocycles. The van der Waals surface area contributed by atoms with E-state index in [-0.39, 0.29) is 0 Å². The van der Waals surface area contributed by atoms with Crippen LogP contribution in [0.4, 0.5) is 0 Å². The summed E-state index contributed by atoms with van der Waals surface area (Å²) in [4.78, 5) is 0. The number of rotatable bonds is 4. The highest BCUT2D eigenvalue weighted by atomic mass is 14.2. The molecule has 0 saturated heterocycles. The second-order valence-corrected chi connectivity index (χ2v) is 6.82. The van der Waals surface area contributed by atoms with Crippen molar-refractivity contribution in [1.29, 1.82) is 0 Å². The molecule has 0 N–H and O–H groups in total. The first-order chi connectivity index (χ1) is 11.6. The molecule has 0 spiro atoms. The third-order valence-corrected chi connectivity index (χ3v) is 5.30.